The maximum Gasteiger partial charge on any atom is 0.337 e. The number of rotatable bonds is 3. The smallest absolute Gasteiger partial charge is 0.337 e. The molecule has 0 aliphatic rings. The molecular formula is C17H16N2O2. The molecule has 0 radical (unpaired) electrons. The van der Waals surface area contributed by atoms with Gasteiger partial charge in [-0.05, 0) is 43.3 Å². The number of aryl methyl sites for hydroxylation is 2. The number of anilines is 2. The summed E-state index contributed by atoms with van der Waals surface area (Å²) >= 11 is 0. The number of aromatic carboxylic acids is 1. The third kappa shape index (κ3) is 2.36. The van der Waals surface area contributed by atoms with Crippen LogP contribution in [0.15, 0.2) is 48.5 Å². The predicted octanol–water partition coefficient (Wildman–Crippen LogP) is 3.93. The quantitative estimate of drug-likeness (QED) is 0.764. The van der Waals surface area contributed by atoms with Crippen LogP contribution in [-0.2, 0) is 7.05 Å². The first-order chi connectivity index (χ1) is 10.1. The summed E-state index contributed by atoms with van der Waals surface area (Å²) < 4.78 is 2.13. The van der Waals surface area contributed by atoms with Crippen molar-refractivity contribution in [2.75, 3.05) is 5.32 Å². The van der Waals surface area contributed by atoms with Gasteiger partial charge in [-0.2, -0.15) is 0 Å². The van der Waals surface area contributed by atoms with E-state index in [2.05, 4.69) is 22.9 Å². The largest absolute Gasteiger partial charge is 0.478 e. The fourth-order valence-electron chi connectivity index (χ4n) is 2.50. The van der Waals surface area contributed by atoms with Gasteiger partial charge in [-0.3, -0.25) is 0 Å². The Morgan fingerprint density at radius 2 is 1.90 bits per heavy atom. The normalized spacial score (nSPS) is 10.8. The number of benzene rings is 2. The van der Waals surface area contributed by atoms with Crippen molar-refractivity contribution in [2.24, 2.45) is 7.05 Å². The Labute approximate surface area is 122 Å². The van der Waals surface area contributed by atoms with E-state index in [1.165, 1.54) is 5.69 Å². The van der Waals surface area contributed by atoms with Crippen LogP contribution >= 0.6 is 0 Å². The average Bonchev–Trinajstić information content (AvgIpc) is 2.74. The highest BCUT2D eigenvalue weighted by atomic mass is 16.4. The number of hydrogen-bond donors (Lipinski definition) is 2. The number of carboxylic acid groups (broad SMARTS) is 1. The highest BCUT2D eigenvalue weighted by molar-refractivity contribution is 5.95. The first-order valence-corrected chi connectivity index (χ1v) is 6.71. The van der Waals surface area contributed by atoms with E-state index in [1.807, 2.05) is 31.3 Å². The summed E-state index contributed by atoms with van der Waals surface area (Å²) in [5.74, 6) is -0.935. The van der Waals surface area contributed by atoms with Crippen LogP contribution in [0, 0.1) is 6.92 Å². The number of carboxylic acids is 1. The number of carbonyl (C=O) groups is 1. The van der Waals surface area contributed by atoms with Crippen LogP contribution in [0.2, 0.25) is 0 Å². The Kier molecular flexibility index (Phi) is 3.14. The second kappa shape index (κ2) is 4.98. The predicted molar refractivity (Wildman–Crippen MR) is 84.3 cm³/mol. The topological polar surface area (TPSA) is 54.3 Å². The lowest BCUT2D eigenvalue weighted by Gasteiger charge is -2.09. The third-order valence-electron chi connectivity index (χ3n) is 3.72. The number of hydrogen-bond acceptors (Lipinski definition) is 2. The summed E-state index contributed by atoms with van der Waals surface area (Å²) in [6, 6.07) is 15.0. The molecule has 4 nitrogen and oxygen atoms in total. The zero-order chi connectivity index (χ0) is 15.0. The lowest BCUT2D eigenvalue weighted by atomic mass is 10.1. The monoisotopic (exact) mass is 280 g/mol. The molecule has 0 fully saturated rings. The van der Waals surface area contributed by atoms with Crippen molar-refractivity contribution >= 4 is 28.2 Å². The molecule has 21 heavy (non-hydrogen) atoms. The van der Waals surface area contributed by atoms with Gasteiger partial charge >= 0.3 is 5.97 Å². The Balaban J connectivity index is 2.01. The summed E-state index contributed by atoms with van der Waals surface area (Å²) in [6.45, 7) is 2.06. The summed E-state index contributed by atoms with van der Waals surface area (Å²) in [7, 11) is 2.03. The molecule has 1 aromatic heterocycles. The number of nitrogens with one attached hydrogen (secondary N) is 1. The molecule has 0 atom stereocenters. The van der Waals surface area contributed by atoms with E-state index in [0.29, 0.717) is 5.69 Å². The van der Waals surface area contributed by atoms with Crippen molar-refractivity contribution in [1.82, 2.24) is 4.57 Å². The fourth-order valence-corrected chi connectivity index (χ4v) is 2.50. The molecule has 0 bridgehead atoms. The zero-order valence-corrected chi connectivity index (χ0v) is 11.9. The molecule has 1 heterocycles. The summed E-state index contributed by atoms with van der Waals surface area (Å²) in [6.07, 6.45) is 0. The van der Waals surface area contributed by atoms with Crippen molar-refractivity contribution < 1.29 is 9.90 Å². The molecule has 0 saturated heterocycles. The van der Waals surface area contributed by atoms with Crippen LogP contribution in [0.25, 0.3) is 10.9 Å². The van der Waals surface area contributed by atoms with Crippen LogP contribution in [0.1, 0.15) is 16.1 Å². The second-order valence-corrected chi connectivity index (χ2v) is 5.09. The molecule has 3 aromatic rings. The van der Waals surface area contributed by atoms with Gasteiger partial charge in [0.2, 0.25) is 0 Å². The van der Waals surface area contributed by atoms with Crippen LogP contribution in [0.4, 0.5) is 11.4 Å². The molecule has 0 unspecified atom stereocenters. The number of fused-ring (bicyclic) bond motifs is 1. The molecule has 0 amide bonds. The summed E-state index contributed by atoms with van der Waals surface area (Å²) in [5, 5.41) is 13.5. The molecule has 2 N–H and O–H groups in total. The van der Waals surface area contributed by atoms with Gasteiger partial charge in [0.15, 0.2) is 0 Å². The summed E-state index contributed by atoms with van der Waals surface area (Å²) in [4.78, 5) is 11.2. The van der Waals surface area contributed by atoms with Crippen LogP contribution in [0.3, 0.4) is 0 Å². The van der Waals surface area contributed by atoms with Crippen LogP contribution in [-0.4, -0.2) is 15.6 Å². The maximum absolute atomic E-state index is 11.2. The number of nitrogens with zero attached hydrogens (tertiary/aromatic N) is 1. The Hall–Kier alpha value is -2.75. The molecule has 0 saturated carbocycles. The standard InChI is InChI=1S/C17H16N2O2/c1-11-9-12-10-13(7-8-16(12)19(11)2)18-15-6-4-3-5-14(15)17(20)21/h3-10,18H,1-2H3,(H,20,21). The lowest BCUT2D eigenvalue weighted by Crippen LogP contribution is -2.02. The Morgan fingerprint density at radius 3 is 2.67 bits per heavy atom. The van der Waals surface area contributed by atoms with Crippen LogP contribution in [0.5, 0.6) is 0 Å². The van der Waals surface area contributed by atoms with E-state index in [4.69, 9.17) is 0 Å². The van der Waals surface area contributed by atoms with E-state index < -0.39 is 5.97 Å². The van der Waals surface area contributed by atoms with Gasteiger partial charge in [0.25, 0.3) is 0 Å². The minimum absolute atomic E-state index is 0.266. The second-order valence-electron chi connectivity index (χ2n) is 5.09. The number of para-hydroxylation sites is 1. The Morgan fingerprint density at radius 1 is 1.14 bits per heavy atom. The number of aromatic nitrogens is 1. The van der Waals surface area contributed by atoms with E-state index >= 15 is 0 Å². The molecule has 0 aliphatic carbocycles. The van der Waals surface area contributed by atoms with Gasteiger partial charge in [-0.15, -0.1) is 0 Å². The first-order valence-electron chi connectivity index (χ1n) is 6.71. The van der Waals surface area contributed by atoms with Crippen molar-refractivity contribution in [1.29, 1.82) is 0 Å². The van der Waals surface area contributed by atoms with Crippen LogP contribution < -0.4 is 5.32 Å². The van der Waals surface area contributed by atoms with Crippen molar-refractivity contribution in [2.45, 2.75) is 6.92 Å². The summed E-state index contributed by atoms with van der Waals surface area (Å²) in [5.41, 5.74) is 4.08. The van der Waals surface area contributed by atoms with Gasteiger partial charge in [0, 0.05) is 29.3 Å². The molecular weight excluding hydrogens is 264 g/mol. The first kappa shape index (κ1) is 13.2. The van der Waals surface area contributed by atoms with Gasteiger partial charge in [0.1, 0.15) is 0 Å². The molecule has 3 rings (SSSR count). The molecule has 2 aromatic carbocycles. The van der Waals surface area contributed by atoms with Crippen molar-refractivity contribution in [3.05, 3.63) is 59.8 Å². The van der Waals surface area contributed by atoms with E-state index in [0.717, 1.165) is 16.6 Å². The van der Waals surface area contributed by atoms with Gasteiger partial charge in [-0.1, -0.05) is 12.1 Å². The lowest BCUT2D eigenvalue weighted by molar-refractivity contribution is 0.0698. The van der Waals surface area contributed by atoms with Gasteiger partial charge in [0.05, 0.1) is 11.3 Å². The minimum atomic E-state index is -0.935. The fraction of sp³-hybridized carbons (Fsp3) is 0.118. The van der Waals surface area contributed by atoms with Crippen molar-refractivity contribution in [3.8, 4) is 0 Å². The zero-order valence-electron chi connectivity index (χ0n) is 11.9. The van der Waals surface area contributed by atoms with Crippen molar-refractivity contribution in [3.63, 3.8) is 0 Å². The average molecular weight is 280 g/mol. The van der Waals surface area contributed by atoms with E-state index in [-0.39, 0.29) is 5.56 Å². The highest BCUT2D eigenvalue weighted by Crippen LogP contribution is 2.26. The molecule has 0 spiro atoms. The van der Waals surface area contributed by atoms with Gasteiger partial charge < -0.3 is 15.0 Å². The molecule has 4 heteroatoms. The van der Waals surface area contributed by atoms with E-state index in [1.54, 1.807) is 18.2 Å². The van der Waals surface area contributed by atoms with E-state index in [9.17, 15) is 9.90 Å². The maximum atomic E-state index is 11.2. The third-order valence-corrected chi connectivity index (χ3v) is 3.72. The van der Waals surface area contributed by atoms with Gasteiger partial charge in [-0.25, -0.2) is 4.79 Å². The Bertz CT molecular complexity index is 834. The molecule has 0 aliphatic heterocycles. The highest BCUT2D eigenvalue weighted by Gasteiger charge is 2.09. The minimum Gasteiger partial charge on any atom is -0.478 e. The molecule has 106 valence electrons. The SMILES string of the molecule is Cc1cc2cc(Nc3ccccc3C(=O)O)ccc2n1C.